The molecule has 0 bridgehead atoms. The van der Waals surface area contributed by atoms with Crippen LogP contribution in [0.15, 0.2) is 18.5 Å². The first-order chi connectivity index (χ1) is 12.2. The Hall–Kier alpha value is -1.99. The topological polar surface area (TPSA) is 70.3 Å². The summed E-state index contributed by atoms with van der Waals surface area (Å²) in [5.74, 6) is 0.858. The van der Waals surface area contributed by atoms with Crippen molar-refractivity contribution in [3.8, 4) is 0 Å². The van der Waals surface area contributed by atoms with Crippen molar-refractivity contribution in [3.63, 3.8) is 0 Å². The maximum atomic E-state index is 9.99. The highest BCUT2D eigenvalue weighted by atomic mass is 16.3. The number of anilines is 1. The summed E-state index contributed by atoms with van der Waals surface area (Å²) >= 11 is 0. The average molecular weight is 342 g/mol. The minimum atomic E-state index is -0.460. The van der Waals surface area contributed by atoms with Crippen LogP contribution in [0.5, 0.6) is 0 Å². The van der Waals surface area contributed by atoms with Crippen LogP contribution in [0, 0.1) is 0 Å². The Labute approximate surface area is 148 Å². The van der Waals surface area contributed by atoms with Crippen molar-refractivity contribution < 1.29 is 5.11 Å². The molecule has 0 saturated carbocycles. The lowest BCUT2D eigenvalue weighted by Gasteiger charge is -2.27. The van der Waals surface area contributed by atoms with Gasteiger partial charge >= 0.3 is 0 Å². The zero-order valence-corrected chi connectivity index (χ0v) is 14.8. The molecule has 0 amide bonds. The Morgan fingerprint density at radius 3 is 2.60 bits per heavy atom. The van der Waals surface area contributed by atoms with Crippen LogP contribution in [0.1, 0.15) is 49.2 Å². The Bertz CT molecular complexity index is 707. The molecule has 0 aromatic carbocycles. The van der Waals surface area contributed by atoms with Crippen molar-refractivity contribution in [1.29, 1.82) is 0 Å². The van der Waals surface area contributed by atoms with Crippen LogP contribution in [0.2, 0.25) is 0 Å². The minimum Gasteiger partial charge on any atom is -0.387 e. The van der Waals surface area contributed by atoms with Crippen molar-refractivity contribution in [2.24, 2.45) is 0 Å². The van der Waals surface area contributed by atoms with E-state index in [1.165, 1.54) is 18.5 Å². The van der Waals surface area contributed by atoms with E-state index in [1.54, 1.807) is 0 Å². The van der Waals surface area contributed by atoms with Gasteiger partial charge in [-0.1, -0.05) is 6.92 Å². The molecular formula is C18H26N6O. The smallest absolute Gasteiger partial charge is 0.225 e. The lowest BCUT2D eigenvalue weighted by Crippen LogP contribution is -2.33. The molecular weight excluding hydrogens is 316 g/mol. The third-order valence-electron chi connectivity index (χ3n) is 5.11. The molecule has 1 saturated heterocycles. The van der Waals surface area contributed by atoms with Gasteiger partial charge in [0.05, 0.1) is 24.0 Å². The fourth-order valence-electron chi connectivity index (χ4n) is 3.62. The SMILES string of the molecule is CC[C@H](O)c1cc2n(n1)CCN(Cc1cnc(N3CCCC3)nc1)C2. The number of aromatic nitrogens is 4. The van der Waals surface area contributed by atoms with E-state index >= 15 is 0 Å². The second-order valence-corrected chi connectivity index (χ2v) is 7.00. The fourth-order valence-corrected chi connectivity index (χ4v) is 3.62. The van der Waals surface area contributed by atoms with Gasteiger partial charge in [-0.3, -0.25) is 9.58 Å². The standard InChI is InChI=1S/C18H26N6O/c1-2-17(25)16-9-15-13-22(7-8-24(15)21-16)12-14-10-19-18(20-11-14)23-5-3-4-6-23/h9-11,17,25H,2-8,12-13H2,1H3/t17-/m0/s1. The normalized spacial score (nSPS) is 19.2. The maximum absolute atomic E-state index is 9.99. The van der Waals surface area contributed by atoms with Crippen molar-refractivity contribution in [3.05, 3.63) is 35.4 Å². The largest absolute Gasteiger partial charge is 0.387 e. The lowest BCUT2D eigenvalue weighted by atomic mass is 10.2. The number of aliphatic hydroxyl groups excluding tert-OH is 1. The van der Waals surface area contributed by atoms with E-state index in [0.29, 0.717) is 6.42 Å². The van der Waals surface area contributed by atoms with Gasteiger partial charge in [0, 0.05) is 50.7 Å². The first-order valence-electron chi connectivity index (χ1n) is 9.26. The monoisotopic (exact) mass is 342 g/mol. The van der Waals surface area contributed by atoms with E-state index in [9.17, 15) is 5.11 Å². The maximum Gasteiger partial charge on any atom is 0.225 e. The quantitative estimate of drug-likeness (QED) is 0.892. The molecule has 2 aliphatic rings. The van der Waals surface area contributed by atoms with Crippen LogP contribution in [0.25, 0.3) is 0 Å². The second kappa shape index (κ2) is 7.09. The van der Waals surface area contributed by atoms with Crippen LogP contribution < -0.4 is 4.90 Å². The molecule has 0 spiro atoms. The predicted molar refractivity (Wildman–Crippen MR) is 95.1 cm³/mol. The van der Waals surface area contributed by atoms with Gasteiger partial charge in [0.1, 0.15) is 0 Å². The molecule has 0 unspecified atom stereocenters. The summed E-state index contributed by atoms with van der Waals surface area (Å²) in [6.07, 6.45) is 6.62. The van der Waals surface area contributed by atoms with Crippen LogP contribution in [-0.2, 0) is 19.6 Å². The summed E-state index contributed by atoms with van der Waals surface area (Å²) in [6, 6.07) is 2.04. The van der Waals surface area contributed by atoms with Gasteiger partial charge in [0.15, 0.2) is 0 Å². The Morgan fingerprint density at radius 2 is 1.88 bits per heavy atom. The summed E-state index contributed by atoms with van der Waals surface area (Å²) in [4.78, 5) is 13.7. The van der Waals surface area contributed by atoms with Crippen molar-refractivity contribution >= 4 is 5.95 Å². The lowest BCUT2D eigenvalue weighted by molar-refractivity contribution is 0.166. The summed E-state index contributed by atoms with van der Waals surface area (Å²) in [6.45, 7) is 7.61. The molecule has 2 aromatic heterocycles. The van der Waals surface area contributed by atoms with Gasteiger partial charge in [-0.25, -0.2) is 9.97 Å². The molecule has 0 aliphatic carbocycles. The third kappa shape index (κ3) is 3.52. The Kier molecular flexibility index (Phi) is 4.67. The van der Waals surface area contributed by atoms with Crippen LogP contribution in [0.3, 0.4) is 0 Å². The number of rotatable bonds is 5. The van der Waals surface area contributed by atoms with Gasteiger partial charge in [0.25, 0.3) is 0 Å². The molecule has 2 aromatic rings. The minimum absolute atomic E-state index is 0.460. The first kappa shape index (κ1) is 16.5. The molecule has 4 rings (SSSR count). The van der Waals surface area contributed by atoms with Gasteiger partial charge < -0.3 is 10.0 Å². The van der Waals surface area contributed by atoms with Crippen molar-refractivity contribution in [2.75, 3.05) is 24.5 Å². The zero-order chi connectivity index (χ0) is 17.2. The molecule has 1 atom stereocenters. The van der Waals surface area contributed by atoms with E-state index in [2.05, 4.69) is 24.9 Å². The van der Waals surface area contributed by atoms with E-state index in [0.717, 1.165) is 56.5 Å². The van der Waals surface area contributed by atoms with Gasteiger partial charge in [-0.2, -0.15) is 5.10 Å². The van der Waals surface area contributed by atoms with Gasteiger partial charge in [0.2, 0.25) is 5.95 Å². The van der Waals surface area contributed by atoms with Gasteiger partial charge in [-0.05, 0) is 25.3 Å². The summed E-state index contributed by atoms with van der Waals surface area (Å²) in [5, 5.41) is 14.5. The molecule has 25 heavy (non-hydrogen) atoms. The molecule has 134 valence electrons. The van der Waals surface area contributed by atoms with Crippen LogP contribution >= 0.6 is 0 Å². The zero-order valence-electron chi connectivity index (χ0n) is 14.8. The molecule has 1 fully saturated rings. The van der Waals surface area contributed by atoms with Gasteiger partial charge in [-0.15, -0.1) is 0 Å². The highest BCUT2D eigenvalue weighted by Gasteiger charge is 2.21. The second-order valence-electron chi connectivity index (χ2n) is 7.00. The molecule has 1 N–H and O–H groups in total. The summed E-state index contributed by atoms with van der Waals surface area (Å²) in [7, 11) is 0. The number of aliphatic hydroxyl groups is 1. The van der Waals surface area contributed by atoms with E-state index < -0.39 is 6.10 Å². The van der Waals surface area contributed by atoms with E-state index in [4.69, 9.17) is 0 Å². The van der Waals surface area contributed by atoms with Crippen molar-refractivity contribution in [1.82, 2.24) is 24.6 Å². The van der Waals surface area contributed by atoms with Crippen LogP contribution in [0.4, 0.5) is 5.95 Å². The van der Waals surface area contributed by atoms with E-state index in [-0.39, 0.29) is 0 Å². The predicted octanol–water partition coefficient (Wildman–Crippen LogP) is 1.73. The van der Waals surface area contributed by atoms with E-state index in [1.807, 2.05) is 30.1 Å². The summed E-state index contributed by atoms with van der Waals surface area (Å²) in [5.41, 5.74) is 3.10. The molecule has 7 nitrogen and oxygen atoms in total. The highest BCUT2D eigenvalue weighted by Crippen LogP contribution is 2.21. The van der Waals surface area contributed by atoms with Crippen LogP contribution in [-0.4, -0.2) is 49.4 Å². The first-order valence-corrected chi connectivity index (χ1v) is 9.26. The number of fused-ring (bicyclic) bond motifs is 1. The number of nitrogens with zero attached hydrogens (tertiary/aromatic N) is 6. The number of hydrogen-bond acceptors (Lipinski definition) is 6. The third-order valence-corrected chi connectivity index (χ3v) is 5.11. The average Bonchev–Trinajstić information content (AvgIpc) is 3.31. The molecule has 2 aliphatic heterocycles. The number of hydrogen-bond donors (Lipinski definition) is 1. The highest BCUT2D eigenvalue weighted by molar-refractivity contribution is 5.31. The van der Waals surface area contributed by atoms with Crippen molar-refractivity contribution in [2.45, 2.75) is 51.9 Å². The molecule has 4 heterocycles. The molecule has 7 heteroatoms. The Balaban J connectivity index is 1.39. The summed E-state index contributed by atoms with van der Waals surface area (Å²) < 4.78 is 2.03. The fraction of sp³-hybridized carbons (Fsp3) is 0.611. The Morgan fingerprint density at radius 1 is 1.12 bits per heavy atom. The molecule has 0 radical (unpaired) electrons.